The Balaban J connectivity index is 1.34. The van der Waals surface area contributed by atoms with Gasteiger partial charge in [-0.3, -0.25) is 14.4 Å². The highest BCUT2D eigenvalue weighted by Gasteiger charge is 2.43. The third kappa shape index (κ3) is 9.38. The van der Waals surface area contributed by atoms with Crippen LogP contribution in [0.1, 0.15) is 61.7 Å². The van der Waals surface area contributed by atoms with Gasteiger partial charge in [-0.25, -0.2) is 22.5 Å². The fourth-order valence-electron chi connectivity index (χ4n) is 6.25. The smallest absolute Gasteiger partial charge is 0.266 e. The normalized spacial score (nSPS) is 20.1. The first-order valence-electron chi connectivity index (χ1n) is 16.2. The largest absolute Gasteiger partial charge is 0.434 e. The third-order valence-corrected chi connectivity index (χ3v) is 9.79. The molecule has 0 unspecified atom stereocenters. The topological polar surface area (TPSA) is 160 Å². The number of carbonyl (C=O) groups excluding carboxylic acids is 3. The van der Waals surface area contributed by atoms with E-state index in [1.807, 2.05) is 12.1 Å². The molecule has 2 aliphatic heterocycles. The Kier molecular flexibility index (Phi) is 11.8. The number of ketones is 1. The number of rotatable bonds is 14. The predicted molar refractivity (Wildman–Crippen MR) is 177 cm³/mol. The quantitative estimate of drug-likeness (QED) is 0.213. The Labute approximate surface area is 284 Å². The summed E-state index contributed by atoms with van der Waals surface area (Å²) in [6.07, 6.45) is 3.52. The minimum absolute atomic E-state index is 0.0429. The molecule has 4 atom stereocenters. The number of hydrogen-bond acceptors (Lipinski definition) is 9. The van der Waals surface area contributed by atoms with Gasteiger partial charge in [0, 0.05) is 24.1 Å². The number of amides is 2. The van der Waals surface area contributed by atoms with Crippen LogP contribution in [-0.2, 0) is 31.0 Å². The minimum atomic E-state index is -3.77. The van der Waals surface area contributed by atoms with Gasteiger partial charge in [-0.2, -0.15) is 0 Å². The number of benzene rings is 2. The highest BCUT2D eigenvalue weighted by Crippen LogP contribution is 2.26. The van der Waals surface area contributed by atoms with Crippen LogP contribution in [0.25, 0.3) is 11.1 Å². The summed E-state index contributed by atoms with van der Waals surface area (Å²) >= 11 is 6.01. The Bertz CT molecular complexity index is 1710. The van der Waals surface area contributed by atoms with Gasteiger partial charge in [-0.1, -0.05) is 30.7 Å². The molecule has 5 rings (SSSR count). The van der Waals surface area contributed by atoms with Crippen LogP contribution >= 0.6 is 11.6 Å². The Morgan fingerprint density at radius 3 is 2.56 bits per heavy atom. The first-order valence-corrected chi connectivity index (χ1v) is 18.4. The number of nitrogens with zero attached hydrogens (tertiary/aromatic N) is 2. The van der Waals surface area contributed by atoms with Gasteiger partial charge in [0.05, 0.1) is 25.0 Å². The molecule has 1 aromatic heterocycles. The van der Waals surface area contributed by atoms with Crippen molar-refractivity contribution in [3.8, 4) is 0 Å². The van der Waals surface area contributed by atoms with Crippen molar-refractivity contribution in [1.29, 1.82) is 0 Å². The van der Waals surface area contributed by atoms with E-state index in [2.05, 4.69) is 20.3 Å². The minimum Gasteiger partial charge on any atom is -0.434 e. The van der Waals surface area contributed by atoms with E-state index in [9.17, 15) is 27.2 Å². The maximum Gasteiger partial charge on any atom is 0.266 e. The third-order valence-electron chi connectivity index (χ3n) is 8.83. The zero-order chi connectivity index (χ0) is 34.4. The van der Waals surface area contributed by atoms with Crippen LogP contribution < -0.4 is 15.4 Å². The predicted octanol–water partition coefficient (Wildman–Crippen LogP) is 3.58. The number of hydrogen-bond donors (Lipinski definition) is 3. The number of oxazole rings is 1. The van der Waals surface area contributed by atoms with Gasteiger partial charge in [-0.05, 0) is 80.9 Å². The summed E-state index contributed by atoms with van der Waals surface area (Å²) in [6, 6.07) is 7.63. The lowest BCUT2D eigenvalue weighted by molar-refractivity contribution is -0.140. The lowest BCUT2D eigenvalue weighted by Gasteiger charge is -2.30. The Hall–Kier alpha value is -3.43. The molecule has 2 aromatic carbocycles. The Morgan fingerprint density at radius 2 is 1.88 bits per heavy atom. The molecule has 0 bridgehead atoms. The molecule has 2 saturated heterocycles. The molecule has 3 N–H and O–H groups in total. The second-order valence-corrected chi connectivity index (χ2v) is 14.7. The summed E-state index contributed by atoms with van der Waals surface area (Å²) in [5.74, 6) is -2.20. The number of fused-ring (bicyclic) bond motifs is 1. The van der Waals surface area contributed by atoms with Crippen molar-refractivity contribution < 1.29 is 36.3 Å². The van der Waals surface area contributed by atoms with Crippen molar-refractivity contribution in [3.63, 3.8) is 0 Å². The first-order chi connectivity index (χ1) is 22.9. The summed E-state index contributed by atoms with van der Waals surface area (Å²) in [6.45, 7) is 3.67. The van der Waals surface area contributed by atoms with Gasteiger partial charge < -0.3 is 24.7 Å². The molecule has 0 aliphatic carbocycles. The van der Waals surface area contributed by atoms with Crippen LogP contribution in [0, 0.1) is 11.7 Å². The number of sulfonamides is 1. The van der Waals surface area contributed by atoms with Crippen molar-refractivity contribution >= 4 is 50.3 Å². The average molecular weight is 706 g/mol. The number of halogens is 2. The molecule has 0 spiro atoms. The summed E-state index contributed by atoms with van der Waals surface area (Å²) in [7, 11) is -3.77. The molecule has 15 heteroatoms. The fraction of sp³-hybridized carbons (Fsp3) is 0.515. The molecule has 2 aliphatic rings. The van der Waals surface area contributed by atoms with Crippen LogP contribution in [-0.4, -0.2) is 86.0 Å². The molecule has 3 aromatic rings. The Morgan fingerprint density at radius 1 is 1.15 bits per heavy atom. The van der Waals surface area contributed by atoms with E-state index in [0.717, 1.165) is 43.8 Å². The molecule has 2 amide bonds. The van der Waals surface area contributed by atoms with Gasteiger partial charge in [0.15, 0.2) is 5.58 Å². The number of piperidine rings is 1. The van der Waals surface area contributed by atoms with E-state index in [1.165, 1.54) is 17.0 Å². The van der Waals surface area contributed by atoms with Crippen molar-refractivity contribution in [1.82, 2.24) is 25.2 Å². The molecule has 260 valence electrons. The van der Waals surface area contributed by atoms with Crippen LogP contribution in [0.2, 0.25) is 5.02 Å². The maximum atomic E-state index is 14.1. The summed E-state index contributed by atoms with van der Waals surface area (Å²) in [4.78, 5) is 46.8. The summed E-state index contributed by atoms with van der Waals surface area (Å²) in [5.41, 5.74) is 1.24. The lowest BCUT2D eigenvalue weighted by Crippen LogP contribution is -2.55. The molecule has 2 fully saturated rings. The van der Waals surface area contributed by atoms with Crippen molar-refractivity contribution in [2.45, 2.75) is 76.3 Å². The van der Waals surface area contributed by atoms with E-state index in [1.54, 1.807) is 19.1 Å². The van der Waals surface area contributed by atoms with E-state index in [4.69, 9.17) is 20.8 Å². The van der Waals surface area contributed by atoms with E-state index < -0.39 is 57.7 Å². The van der Waals surface area contributed by atoms with E-state index in [-0.39, 0.29) is 49.4 Å². The van der Waals surface area contributed by atoms with E-state index >= 15 is 0 Å². The van der Waals surface area contributed by atoms with E-state index in [0.29, 0.717) is 17.4 Å². The van der Waals surface area contributed by atoms with Crippen molar-refractivity contribution in [3.05, 3.63) is 64.8 Å². The second kappa shape index (κ2) is 15.9. The zero-order valence-electron chi connectivity index (χ0n) is 26.9. The van der Waals surface area contributed by atoms with Gasteiger partial charge in [0.2, 0.25) is 27.6 Å². The molecular weight excluding hydrogens is 665 g/mol. The van der Waals surface area contributed by atoms with Crippen molar-refractivity contribution in [2.24, 2.45) is 5.92 Å². The summed E-state index contributed by atoms with van der Waals surface area (Å²) < 4.78 is 52.6. The second-order valence-electron chi connectivity index (χ2n) is 12.5. The highest BCUT2D eigenvalue weighted by atomic mass is 35.5. The van der Waals surface area contributed by atoms with Gasteiger partial charge >= 0.3 is 0 Å². The van der Waals surface area contributed by atoms with Crippen molar-refractivity contribution in [2.75, 3.05) is 25.9 Å². The molecule has 0 saturated carbocycles. The molecule has 0 radical (unpaired) electrons. The monoisotopic (exact) mass is 705 g/mol. The summed E-state index contributed by atoms with van der Waals surface area (Å²) in [5, 5.41) is 6.63. The standard InChI is InChI=1S/C33H41ClFN5O7S/c1-3-25(30(41)32-38-27-16-23(35)9-11-29(27)47-32)37-31(42)28-17-24(46-19-21-4-7-22(34)8-5-21)18-40(28)33(43)26(39-48(2,44)45)10-6-20-12-14-36-15-13-20/h4-5,7-9,11,16,20,24-26,28,36,39H,3,6,10,12-15,17-19H2,1-2H3,(H,37,42)/t24-,25+,26-,28+/m1/s1. The van der Waals surface area contributed by atoms with Crippen LogP contribution in [0.15, 0.2) is 46.9 Å². The van der Waals surface area contributed by atoms with Crippen LogP contribution in [0.4, 0.5) is 4.39 Å². The van der Waals surface area contributed by atoms with Crippen LogP contribution in [0.5, 0.6) is 0 Å². The van der Waals surface area contributed by atoms with Crippen LogP contribution in [0.3, 0.4) is 0 Å². The number of aromatic nitrogens is 1. The number of likely N-dealkylation sites (tertiary alicyclic amines) is 1. The SMILES string of the molecule is CC[C@H](NC(=O)[C@@H]1C[C@@H](OCc2ccc(Cl)cc2)CN1C(=O)[C@@H](CCC1CCNCC1)NS(C)(=O)=O)C(=O)c1nc2cc(F)ccc2o1. The average Bonchev–Trinajstić information content (AvgIpc) is 3.69. The molecule has 12 nitrogen and oxygen atoms in total. The molecule has 48 heavy (non-hydrogen) atoms. The number of Topliss-reactive ketones (excluding diaryl/α,β-unsaturated/α-hetero) is 1. The van der Waals surface area contributed by atoms with Gasteiger partial charge in [0.1, 0.15) is 23.4 Å². The number of carbonyl (C=O) groups is 3. The van der Waals surface area contributed by atoms with Gasteiger partial charge in [0.25, 0.3) is 5.89 Å². The lowest BCUT2D eigenvalue weighted by atomic mass is 9.91. The number of ether oxygens (including phenoxy) is 1. The first kappa shape index (κ1) is 35.9. The fourth-order valence-corrected chi connectivity index (χ4v) is 7.11. The highest BCUT2D eigenvalue weighted by molar-refractivity contribution is 7.88. The maximum absolute atomic E-state index is 14.1. The zero-order valence-corrected chi connectivity index (χ0v) is 28.5. The molecular formula is C33H41ClFN5O7S. The molecule has 3 heterocycles. The van der Waals surface area contributed by atoms with Gasteiger partial charge in [-0.15, -0.1) is 0 Å². The number of nitrogens with one attached hydrogen (secondary N) is 3.